The lowest BCUT2D eigenvalue weighted by Gasteiger charge is -2.21. The van der Waals surface area contributed by atoms with Crippen LogP contribution in [-0.4, -0.2) is 16.5 Å². The molecule has 3 heteroatoms. The van der Waals surface area contributed by atoms with E-state index >= 15 is 0 Å². The number of nitrogens with two attached hydrogens (primary N) is 1. The molecule has 1 unspecified atom stereocenters. The summed E-state index contributed by atoms with van der Waals surface area (Å²) in [6, 6.07) is 7.01. The molecule has 3 N–H and O–H groups in total. The summed E-state index contributed by atoms with van der Waals surface area (Å²) >= 11 is 5.70. The van der Waals surface area contributed by atoms with Crippen molar-refractivity contribution in [2.75, 3.05) is 5.88 Å². The van der Waals surface area contributed by atoms with Crippen LogP contribution in [0.5, 0.6) is 5.75 Å². The van der Waals surface area contributed by atoms with E-state index in [0.717, 1.165) is 12.0 Å². The zero-order valence-electron chi connectivity index (χ0n) is 7.63. The van der Waals surface area contributed by atoms with Crippen LogP contribution in [0.4, 0.5) is 0 Å². The van der Waals surface area contributed by atoms with Gasteiger partial charge in [-0.25, -0.2) is 0 Å². The molecule has 0 saturated heterocycles. The van der Waals surface area contributed by atoms with E-state index in [1.807, 2.05) is 19.1 Å². The molecule has 0 aliphatic rings. The molecule has 1 aromatic carbocycles. The molecule has 0 bridgehead atoms. The van der Waals surface area contributed by atoms with Gasteiger partial charge in [-0.05, 0) is 31.0 Å². The van der Waals surface area contributed by atoms with E-state index in [1.54, 1.807) is 12.1 Å². The first-order valence-corrected chi connectivity index (χ1v) is 4.70. The standard InChI is InChI=1S/C10H14ClNO/c1-10(12,7-11)6-8-2-4-9(13)5-3-8/h2-5,13H,6-7,12H2,1H3. The van der Waals surface area contributed by atoms with Crippen molar-refractivity contribution in [3.8, 4) is 5.75 Å². The Morgan fingerprint density at radius 1 is 1.38 bits per heavy atom. The second kappa shape index (κ2) is 3.99. The summed E-state index contributed by atoms with van der Waals surface area (Å²) in [5.41, 5.74) is 6.60. The number of hydrogen-bond acceptors (Lipinski definition) is 2. The highest BCUT2D eigenvalue weighted by atomic mass is 35.5. The van der Waals surface area contributed by atoms with Gasteiger partial charge in [-0.1, -0.05) is 12.1 Å². The molecule has 1 aromatic rings. The summed E-state index contributed by atoms with van der Waals surface area (Å²) in [6.07, 6.45) is 0.719. The molecule has 1 rings (SSSR count). The van der Waals surface area contributed by atoms with E-state index in [-0.39, 0.29) is 11.3 Å². The topological polar surface area (TPSA) is 46.2 Å². The van der Waals surface area contributed by atoms with Crippen LogP contribution in [0.1, 0.15) is 12.5 Å². The number of aromatic hydroxyl groups is 1. The molecule has 0 fully saturated rings. The molecule has 0 heterocycles. The minimum absolute atomic E-state index is 0.272. The first-order valence-electron chi connectivity index (χ1n) is 4.16. The normalized spacial score (nSPS) is 15.3. The average molecular weight is 200 g/mol. The molecule has 0 amide bonds. The first kappa shape index (κ1) is 10.4. The maximum Gasteiger partial charge on any atom is 0.115 e. The van der Waals surface area contributed by atoms with Crippen LogP contribution in [0.15, 0.2) is 24.3 Å². The molecule has 0 aliphatic heterocycles. The number of benzene rings is 1. The summed E-state index contributed by atoms with van der Waals surface area (Å²) in [6.45, 7) is 1.91. The molecule has 2 nitrogen and oxygen atoms in total. The van der Waals surface area contributed by atoms with Crippen LogP contribution in [-0.2, 0) is 6.42 Å². The Kier molecular flexibility index (Phi) is 3.17. The van der Waals surface area contributed by atoms with Gasteiger partial charge in [-0.2, -0.15) is 0 Å². The fourth-order valence-corrected chi connectivity index (χ4v) is 1.22. The number of halogens is 1. The molecule has 0 radical (unpaired) electrons. The van der Waals surface area contributed by atoms with Crippen molar-refractivity contribution in [2.24, 2.45) is 5.73 Å². The highest BCUT2D eigenvalue weighted by Gasteiger charge is 2.17. The Balaban J connectivity index is 2.69. The Labute approximate surface area is 83.3 Å². The molecule has 0 aromatic heterocycles. The molecule has 0 aliphatic carbocycles. The van der Waals surface area contributed by atoms with Crippen molar-refractivity contribution in [3.63, 3.8) is 0 Å². The summed E-state index contributed by atoms with van der Waals surface area (Å²) < 4.78 is 0. The highest BCUT2D eigenvalue weighted by Crippen LogP contribution is 2.15. The Hall–Kier alpha value is -0.730. The number of phenolic OH excluding ortho intramolecular Hbond substituents is 1. The van der Waals surface area contributed by atoms with Gasteiger partial charge in [0.05, 0.1) is 0 Å². The van der Waals surface area contributed by atoms with Crippen molar-refractivity contribution in [3.05, 3.63) is 29.8 Å². The SMILES string of the molecule is CC(N)(CCl)Cc1ccc(O)cc1. The third-order valence-electron chi connectivity index (χ3n) is 1.85. The fourth-order valence-electron chi connectivity index (χ4n) is 1.13. The maximum absolute atomic E-state index is 9.05. The van der Waals surface area contributed by atoms with E-state index in [2.05, 4.69) is 0 Å². The summed E-state index contributed by atoms with van der Waals surface area (Å²) in [5.74, 6) is 0.696. The fraction of sp³-hybridized carbons (Fsp3) is 0.400. The molecular weight excluding hydrogens is 186 g/mol. The predicted molar refractivity (Wildman–Crippen MR) is 55.1 cm³/mol. The van der Waals surface area contributed by atoms with Gasteiger partial charge >= 0.3 is 0 Å². The van der Waals surface area contributed by atoms with E-state index in [9.17, 15) is 0 Å². The van der Waals surface area contributed by atoms with Crippen LogP contribution in [0.3, 0.4) is 0 Å². The number of phenols is 1. The van der Waals surface area contributed by atoms with E-state index in [1.165, 1.54) is 0 Å². The number of hydrogen-bond donors (Lipinski definition) is 2. The summed E-state index contributed by atoms with van der Waals surface area (Å²) in [5, 5.41) is 9.05. The largest absolute Gasteiger partial charge is 0.508 e. The third-order valence-corrected chi connectivity index (χ3v) is 2.46. The number of alkyl halides is 1. The van der Waals surface area contributed by atoms with Gasteiger partial charge in [-0.15, -0.1) is 11.6 Å². The van der Waals surface area contributed by atoms with Crippen molar-refractivity contribution in [1.29, 1.82) is 0 Å². The van der Waals surface area contributed by atoms with E-state index < -0.39 is 0 Å². The lowest BCUT2D eigenvalue weighted by molar-refractivity contribution is 0.474. The molecule has 13 heavy (non-hydrogen) atoms. The average Bonchev–Trinajstić information content (AvgIpc) is 2.09. The van der Waals surface area contributed by atoms with Gasteiger partial charge in [-0.3, -0.25) is 0 Å². The van der Waals surface area contributed by atoms with Crippen molar-refractivity contribution >= 4 is 11.6 Å². The molecule has 0 saturated carbocycles. The van der Waals surface area contributed by atoms with Gasteiger partial charge in [0.1, 0.15) is 5.75 Å². The first-order chi connectivity index (χ1) is 6.03. The highest BCUT2D eigenvalue weighted by molar-refractivity contribution is 6.18. The molecule has 1 atom stereocenters. The zero-order valence-corrected chi connectivity index (χ0v) is 8.38. The van der Waals surface area contributed by atoms with Crippen molar-refractivity contribution < 1.29 is 5.11 Å². The maximum atomic E-state index is 9.05. The van der Waals surface area contributed by atoms with Crippen LogP contribution in [0, 0.1) is 0 Å². The molecular formula is C10H14ClNO. The van der Waals surface area contributed by atoms with E-state index in [0.29, 0.717) is 5.88 Å². The van der Waals surface area contributed by atoms with Gasteiger partial charge < -0.3 is 10.8 Å². The van der Waals surface area contributed by atoms with Crippen LogP contribution >= 0.6 is 11.6 Å². The van der Waals surface area contributed by atoms with Crippen LogP contribution in [0.25, 0.3) is 0 Å². The van der Waals surface area contributed by atoms with Gasteiger partial charge in [0.2, 0.25) is 0 Å². The molecule has 0 spiro atoms. The Bertz CT molecular complexity index is 269. The Morgan fingerprint density at radius 3 is 2.38 bits per heavy atom. The minimum Gasteiger partial charge on any atom is -0.508 e. The second-order valence-corrected chi connectivity index (χ2v) is 3.90. The van der Waals surface area contributed by atoms with E-state index in [4.69, 9.17) is 22.4 Å². The minimum atomic E-state index is -0.376. The predicted octanol–water partition coefficient (Wildman–Crippen LogP) is 1.89. The number of rotatable bonds is 3. The van der Waals surface area contributed by atoms with Gasteiger partial charge in [0, 0.05) is 11.4 Å². The van der Waals surface area contributed by atoms with Crippen molar-refractivity contribution in [1.82, 2.24) is 0 Å². The zero-order chi connectivity index (χ0) is 9.90. The van der Waals surface area contributed by atoms with Crippen molar-refractivity contribution in [2.45, 2.75) is 18.9 Å². The lowest BCUT2D eigenvalue weighted by Crippen LogP contribution is -2.40. The van der Waals surface area contributed by atoms with Gasteiger partial charge in [0.15, 0.2) is 0 Å². The third kappa shape index (κ3) is 3.25. The quantitative estimate of drug-likeness (QED) is 0.731. The van der Waals surface area contributed by atoms with Crippen LogP contribution < -0.4 is 5.73 Å². The van der Waals surface area contributed by atoms with Gasteiger partial charge in [0.25, 0.3) is 0 Å². The molecule has 72 valence electrons. The summed E-state index contributed by atoms with van der Waals surface area (Å²) in [7, 11) is 0. The lowest BCUT2D eigenvalue weighted by atomic mass is 9.96. The summed E-state index contributed by atoms with van der Waals surface area (Å²) in [4.78, 5) is 0. The van der Waals surface area contributed by atoms with Crippen LogP contribution in [0.2, 0.25) is 0 Å². The second-order valence-electron chi connectivity index (χ2n) is 3.63. The smallest absolute Gasteiger partial charge is 0.115 e. The Morgan fingerprint density at radius 2 is 1.92 bits per heavy atom. The monoisotopic (exact) mass is 199 g/mol.